The lowest BCUT2D eigenvalue weighted by atomic mass is 10.1. The first kappa shape index (κ1) is 12.8. The van der Waals surface area contributed by atoms with E-state index in [1.165, 1.54) is 0 Å². The Labute approximate surface area is 89.0 Å². The van der Waals surface area contributed by atoms with Gasteiger partial charge in [-0.25, -0.2) is 0 Å². The van der Waals surface area contributed by atoms with Crippen molar-refractivity contribution in [1.82, 2.24) is 9.80 Å². The highest BCUT2D eigenvalue weighted by molar-refractivity contribution is 4.86. The molecule has 2 nitrogen and oxygen atoms in total. The Hall–Kier alpha value is -0.290. The summed E-state index contributed by atoms with van der Waals surface area (Å²) in [7, 11) is 1.74. The zero-order valence-corrected chi connectivity index (χ0v) is 9.51. The number of nitrogens with zero attached hydrogens (tertiary/aromatic N) is 2. The van der Waals surface area contributed by atoms with Crippen molar-refractivity contribution in [3.63, 3.8) is 0 Å². The molecule has 1 saturated heterocycles. The summed E-state index contributed by atoms with van der Waals surface area (Å²) in [5.74, 6) is 0.276. The monoisotopic (exact) mass is 224 g/mol. The summed E-state index contributed by atoms with van der Waals surface area (Å²) in [5.41, 5.74) is 0. The lowest BCUT2D eigenvalue weighted by Crippen LogP contribution is -2.58. The molecule has 0 amide bonds. The van der Waals surface area contributed by atoms with Gasteiger partial charge in [0.25, 0.3) is 0 Å². The van der Waals surface area contributed by atoms with Gasteiger partial charge in [0.2, 0.25) is 0 Å². The van der Waals surface area contributed by atoms with Gasteiger partial charge in [0.1, 0.15) is 6.04 Å². The van der Waals surface area contributed by atoms with Gasteiger partial charge in [0.05, 0.1) is 0 Å². The minimum Gasteiger partial charge on any atom is -0.303 e. The number of hydrogen-bond donors (Lipinski definition) is 0. The molecule has 1 fully saturated rings. The van der Waals surface area contributed by atoms with Gasteiger partial charge in [-0.15, -0.1) is 0 Å². The Bertz CT molecular complexity index is 203. The molecule has 0 aliphatic carbocycles. The Morgan fingerprint density at radius 1 is 1.27 bits per heavy atom. The Morgan fingerprint density at radius 3 is 2.33 bits per heavy atom. The summed E-state index contributed by atoms with van der Waals surface area (Å²) in [6.45, 7) is 5.75. The maximum absolute atomic E-state index is 12.7. The van der Waals surface area contributed by atoms with E-state index in [0.717, 1.165) is 6.54 Å². The Morgan fingerprint density at radius 2 is 1.87 bits per heavy atom. The third-order valence-corrected chi connectivity index (χ3v) is 2.67. The Balaban J connectivity index is 2.66. The summed E-state index contributed by atoms with van der Waals surface area (Å²) >= 11 is 0. The first-order valence-electron chi connectivity index (χ1n) is 5.30. The first-order chi connectivity index (χ1) is 6.80. The molecular weight excluding hydrogens is 205 g/mol. The van der Waals surface area contributed by atoms with Crippen molar-refractivity contribution in [2.75, 3.05) is 33.2 Å². The highest BCUT2D eigenvalue weighted by atomic mass is 19.4. The third kappa shape index (κ3) is 3.65. The standard InChI is InChI=1S/C10H19F3N2/c1-8(2)6-15-5-4-14(3)7-9(15)10(11,12)13/h8-9H,4-7H2,1-3H3/t9-/m1/s1. The average Bonchev–Trinajstić information content (AvgIpc) is 2.05. The summed E-state index contributed by atoms with van der Waals surface area (Å²) < 4.78 is 38.2. The number of likely N-dealkylation sites (N-methyl/N-ethyl adjacent to an activating group) is 1. The molecule has 90 valence electrons. The van der Waals surface area contributed by atoms with Crippen molar-refractivity contribution in [2.45, 2.75) is 26.1 Å². The lowest BCUT2D eigenvalue weighted by molar-refractivity contribution is -0.197. The van der Waals surface area contributed by atoms with E-state index in [0.29, 0.717) is 13.1 Å². The normalized spacial score (nSPS) is 26.2. The van der Waals surface area contributed by atoms with E-state index >= 15 is 0 Å². The summed E-state index contributed by atoms with van der Waals surface area (Å²) in [6.07, 6.45) is -4.11. The molecule has 0 saturated carbocycles. The molecule has 1 atom stereocenters. The van der Waals surface area contributed by atoms with Crippen LogP contribution >= 0.6 is 0 Å². The van der Waals surface area contributed by atoms with Gasteiger partial charge >= 0.3 is 6.18 Å². The van der Waals surface area contributed by atoms with Crippen molar-refractivity contribution < 1.29 is 13.2 Å². The molecule has 1 aliphatic rings. The zero-order valence-electron chi connectivity index (χ0n) is 9.51. The second-order valence-electron chi connectivity index (χ2n) is 4.71. The number of alkyl halides is 3. The molecule has 1 rings (SSSR count). The van der Waals surface area contributed by atoms with Gasteiger partial charge < -0.3 is 4.90 Å². The highest BCUT2D eigenvalue weighted by Crippen LogP contribution is 2.27. The van der Waals surface area contributed by atoms with Gasteiger partial charge in [-0.3, -0.25) is 4.90 Å². The molecule has 0 unspecified atom stereocenters. The van der Waals surface area contributed by atoms with Gasteiger partial charge in [0.15, 0.2) is 0 Å². The molecule has 0 N–H and O–H groups in total. The average molecular weight is 224 g/mol. The van der Waals surface area contributed by atoms with Gasteiger partial charge in [0, 0.05) is 26.2 Å². The third-order valence-electron chi connectivity index (χ3n) is 2.67. The minimum atomic E-state index is -4.11. The quantitative estimate of drug-likeness (QED) is 0.706. The topological polar surface area (TPSA) is 6.48 Å². The van der Waals surface area contributed by atoms with Crippen LogP contribution in [-0.4, -0.2) is 55.2 Å². The van der Waals surface area contributed by atoms with Crippen LogP contribution in [0.3, 0.4) is 0 Å². The second kappa shape index (κ2) is 4.70. The van der Waals surface area contributed by atoms with Crippen LogP contribution < -0.4 is 0 Å². The number of halogens is 3. The molecule has 0 spiro atoms. The van der Waals surface area contributed by atoms with E-state index in [9.17, 15) is 13.2 Å². The predicted octanol–water partition coefficient (Wildman–Crippen LogP) is 1.82. The highest BCUT2D eigenvalue weighted by Gasteiger charge is 2.45. The van der Waals surface area contributed by atoms with Crippen LogP contribution in [0, 0.1) is 5.92 Å². The van der Waals surface area contributed by atoms with E-state index in [2.05, 4.69) is 0 Å². The number of rotatable bonds is 2. The van der Waals surface area contributed by atoms with E-state index in [-0.39, 0.29) is 12.5 Å². The largest absolute Gasteiger partial charge is 0.405 e. The van der Waals surface area contributed by atoms with Crippen LogP contribution in [0.2, 0.25) is 0 Å². The van der Waals surface area contributed by atoms with Gasteiger partial charge in [-0.05, 0) is 13.0 Å². The maximum atomic E-state index is 12.7. The fourth-order valence-corrected chi connectivity index (χ4v) is 1.96. The zero-order chi connectivity index (χ0) is 11.6. The predicted molar refractivity (Wildman–Crippen MR) is 53.8 cm³/mol. The van der Waals surface area contributed by atoms with Crippen molar-refractivity contribution in [3.05, 3.63) is 0 Å². The first-order valence-corrected chi connectivity index (χ1v) is 5.30. The fourth-order valence-electron chi connectivity index (χ4n) is 1.96. The molecule has 0 aromatic rings. The molecule has 1 heterocycles. The smallest absolute Gasteiger partial charge is 0.303 e. The molecule has 5 heteroatoms. The van der Waals surface area contributed by atoms with E-state index in [1.807, 2.05) is 13.8 Å². The van der Waals surface area contributed by atoms with E-state index in [4.69, 9.17) is 0 Å². The van der Waals surface area contributed by atoms with E-state index in [1.54, 1.807) is 16.8 Å². The minimum absolute atomic E-state index is 0.0935. The van der Waals surface area contributed by atoms with Crippen LogP contribution in [-0.2, 0) is 0 Å². The maximum Gasteiger partial charge on any atom is 0.405 e. The van der Waals surface area contributed by atoms with Crippen molar-refractivity contribution in [1.29, 1.82) is 0 Å². The molecule has 0 bridgehead atoms. The fraction of sp³-hybridized carbons (Fsp3) is 1.00. The van der Waals surface area contributed by atoms with Crippen molar-refractivity contribution in [3.8, 4) is 0 Å². The SMILES string of the molecule is CC(C)CN1CCN(C)C[C@@H]1C(F)(F)F. The summed E-state index contributed by atoms with van der Waals surface area (Å²) in [6, 6.07) is -1.29. The van der Waals surface area contributed by atoms with Crippen LogP contribution in [0.15, 0.2) is 0 Å². The lowest BCUT2D eigenvalue weighted by Gasteiger charge is -2.41. The molecular formula is C10H19F3N2. The van der Waals surface area contributed by atoms with Crippen LogP contribution in [0.4, 0.5) is 13.2 Å². The van der Waals surface area contributed by atoms with Crippen LogP contribution in [0.25, 0.3) is 0 Å². The van der Waals surface area contributed by atoms with Gasteiger partial charge in [-0.2, -0.15) is 13.2 Å². The molecule has 0 aromatic carbocycles. The van der Waals surface area contributed by atoms with Crippen LogP contribution in [0.5, 0.6) is 0 Å². The molecule has 1 aliphatic heterocycles. The van der Waals surface area contributed by atoms with Crippen molar-refractivity contribution in [2.24, 2.45) is 5.92 Å². The molecule has 0 aromatic heterocycles. The number of piperazine rings is 1. The van der Waals surface area contributed by atoms with E-state index < -0.39 is 12.2 Å². The van der Waals surface area contributed by atoms with Crippen molar-refractivity contribution >= 4 is 0 Å². The van der Waals surface area contributed by atoms with Gasteiger partial charge in [-0.1, -0.05) is 13.8 Å². The Kier molecular flexibility index (Phi) is 4.00. The number of hydrogen-bond acceptors (Lipinski definition) is 2. The summed E-state index contributed by atoms with van der Waals surface area (Å²) in [5, 5.41) is 0. The second-order valence-corrected chi connectivity index (χ2v) is 4.71. The van der Waals surface area contributed by atoms with Crippen LogP contribution in [0.1, 0.15) is 13.8 Å². The molecule has 15 heavy (non-hydrogen) atoms. The molecule has 0 radical (unpaired) electrons. The summed E-state index contributed by atoms with van der Waals surface area (Å²) in [4.78, 5) is 3.31.